The molecule has 0 saturated heterocycles. The molecule has 0 amide bonds. The largest absolute Gasteiger partial charge is 0.508 e. The van der Waals surface area contributed by atoms with E-state index in [1.165, 1.54) is 0 Å². The van der Waals surface area contributed by atoms with Gasteiger partial charge in [-0.25, -0.2) is 4.99 Å². The molecule has 4 nitrogen and oxygen atoms in total. The van der Waals surface area contributed by atoms with Crippen molar-refractivity contribution in [2.24, 2.45) is 10.7 Å². The van der Waals surface area contributed by atoms with Crippen molar-refractivity contribution in [3.05, 3.63) is 29.8 Å². The fourth-order valence-corrected chi connectivity index (χ4v) is 1.26. The molecule has 0 bridgehead atoms. The van der Waals surface area contributed by atoms with Gasteiger partial charge in [-0.05, 0) is 17.7 Å². The van der Waals surface area contributed by atoms with Gasteiger partial charge in [0.25, 0.3) is 6.02 Å². The number of ether oxygens (including phenoxy) is 1. The summed E-state index contributed by atoms with van der Waals surface area (Å²) in [5, 5.41) is 9.06. The average Bonchev–Trinajstić information content (AvgIpc) is 2.53. The van der Waals surface area contributed by atoms with E-state index in [9.17, 15) is 0 Å². The molecule has 1 aromatic rings. The number of hydrogen-bond donors (Lipinski definition) is 2. The summed E-state index contributed by atoms with van der Waals surface area (Å²) in [7, 11) is 0. The molecule has 1 atom stereocenters. The number of nitrogens with two attached hydrogens (primary N) is 1. The normalized spacial score (nSPS) is 20.9. The van der Waals surface area contributed by atoms with Crippen LogP contribution in [0.15, 0.2) is 29.3 Å². The Hall–Kier alpha value is -1.71. The summed E-state index contributed by atoms with van der Waals surface area (Å²) in [6.07, 6.45) is 0. The zero-order chi connectivity index (χ0) is 9.26. The summed E-state index contributed by atoms with van der Waals surface area (Å²) in [5.41, 5.74) is 6.37. The number of aliphatic imine (C=N–C) groups is 1. The Bertz CT molecular complexity index is 332. The maximum atomic E-state index is 9.06. The number of benzene rings is 1. The molecule has 4 heteroatoms. The summed E-state index contributed by atoms with van der Waals surface area (Å²) < 4.78 is 5.02. The fraction of sp³-hybridized carbons (Fsp3) is 0.222. The molecule has 1 aliphatic heterocycles. The third kappa shape index (κ3) is 1.56. The molecular formula is C9H10N2O2. The maximum absolute atomic E-state index is 9.06. The van der Waals surface area contributed by atoms with E-state index in [-0.39, 0.29) is 17.8 Å². The number of hydrogen-bond acceptors (Lipinski definition) is 4. The molecule has 13 heavy (non-hydrogen) atoms. The smallest absolute Gasteiger partial charge is 0.282 e. The lowest BCUT2D eigenvalue weighted by Gasteiger charge is -2.04. The molecule has 68 valence electrons. The predicted molar refractivity (Wildman–Crippen MR) is 48.4 cm³/mol. The molecule has 0 fully saturated rings. The van der Waals surface area contributed by atoms with Crippen molar-refractivity contribution in [1.82, 2.24) is 0 Å². The predicted octanol–water partition coefficient (Wildman–Crippen LogP) is 0.778. The first kappa shape index (κ1) is 7.91. The highest BCUT2D eigenvalue weighted by Crippen LogP contribution is 2.23. The third-order valence-corrected chi connectivity index (χ3v) is 1.95. The first-order valence-electron chi connectivity index (χ1n) is 4.01. The third-order valence-electron chi connectivity index (χ3n) is 1.95. The zero-order valence-electron chi connectivity index (χ0n) is 6.97. The van der Waals surface area contributed by atoms with Gasteiger partial charge in [-0.15, -0.1) is 0 Å². The number of amidine groups is 1. The molecule has 0 spiro atoms. The van der Waals surface area contributed by atoms with Crippen LogP contribution in [0.4, 0.5) is 0 Å². The second-order valence-corrected chi connectivity index (χ2v) is 2.89. The van der Waals surface area contributed by atoms with Gasteiger partial charge < -0.3 is 15.6 Å². The highest BCUT2D eigenvalue weighted by Gasteiger charge is 2.18. The molecule has 0 saturated carbocycles. The second-order valence-electron chi connectivity index (χ2n) is 2.89. The molecule has 1 aromatic carbocycles. The lowest BCUT2D eigenvalue weighted by atomic mass is 10.1. The van der Waals surface area contributed by atoms with Crippen LogP contribution in [0.1, 0.15) is 11.6 Å². The van der Waals surface area contributed by atoms with Gasteiger partial charge in [0.15, 0.2) is 0 Å². The molecule has 3 N–H and O–H groups in total. The quantitative estimate of drug-likeness (QED) is 0.667. The van der Waals surface area contributed by atoms with Gasteiger partial charge in [0.2, 0.25) is 0 Å². The Morgan fingerprint density at radius 2 is 2.08 bits per heavy atom. The van der Waals surface area contributed by atoms with E-state index in [1.807, 2.05) is 12.1 Å². The van der Waals surface area contributed by atoms with Crippen molar-refractivity contribution >= 4 is 6.02 Å². The molecule has 0 radical (unpaired) electrons. The summed E-state index contributed by atoms with van der Waals surface area (Å²) in [5.74, 6) is 0.250. The summed E-state index contributed by atoms with van der Waals surface area (Å²) in [4.78, 5) is 4.08. The van der Waals surface area contributed by atoms with Crippen LogP contribution in [0.25, 0.3) is 0 Å². The lowest BCUT2D eigenvalue weighted by molar-refractivity contribution is 0.315. The van der Waals surface area contributed by atoms with Crippen LogP contribution in [0.3, 0.4) is 0 Å². The number of phenols is 1. The first-order valence-corrected chi connectivity index (χ1v) is 4.01. The molecular weight excluding hydrogens is 168 g/mol. The average molecular weight is 178 g/mol. The Kier molecular flexibility index (Phi) is 1.81. The number of rotatable bonds is 1. The maximum Gasteiger partial charge on any atom is 0.282 e. The van der Waals surface area contributed by atoms with Gasteiger partial charge in [0.05, 0.1) is 0 Å². The Morgan fingerprint density at radius 1 is 1.38 bits per heavy atom. The van der Waals surface area contributed by atoms with Crippen LogP contribution < -0.4 is 5.73 Å². The van der Waals surface area contributed by atoms with Gasteiger partial charge in [-0.1, -0.05) is 12.1 Å². The van der Waals surface area contributed by atoms with Gasteiger partial charge in [-0.2, -0.15) is 0 Å². The van der Waals surface area contributed by atoms with E-state index >= 15 is 0 Å². The van der Waals surface area contributed by atoms with E-state index in [2.05, 4.69) is 4.99 Å². The van der Waals surface area contributed by atoms with Crippen LogP contribution >= 0.6 is 0 Å². The van der Waals surface area contributed by atoms with Gasteiger partial charge in [0, 0.05) is 0 Å². The Morgan fingerprint density at radius 3 is 2.62 bits per heavy atom. The van der Waals surface area contributed by atoms with Crippen molar-refractivity contribution in [1.29, 1.82) is 0 Å². The summed E-state index contributed by atoms with van der Waals surface area (Å²) in [6, 6.07) is 7.08. The van der Waals surface area contributed by atoms with E-state index in [0.717, 1.165) is 5.56 Å². The fourth-order valence-electron chi connectivity index (χ4n) is 1.26. The van der Waals surface area contributed by atoms with E-state index in [4.69, 9.17) is 15.6 Å². The highest BCUT2D eigenvalue weighted by atomic mass is 16.5. The van der Waals surface area contributed by atoms with Gasteiger partial charge in [-0.3, -0.25) is 0 Å². The van der Waals surface area contributed by atoms with Gasteiger partial charge in [0.1, 0.15) is 18.4 Å². The van der Waals surface area contributed by atoms with Gasteiger partial charge >= 0.3 is 0 Å². The molecule has 1 aliphatic rings. The minimum absolute atomic E-state index is 0.0272. The Balaban J connectivity index is 2.22. The number of nitrogens with zero attached hydrogens (tertiary/aromatic N) is 1. The van der Waals surface area contributed by atoms with Crippen LogP contribution in [0.2, 0.25) is 0 Å². The van der Waals surface area contributed by atoms with Crippen molar-refractivity contribution in [3.63, 3.8) is 0 Å². The monoisotopic (exact) mass is 178 g/mol. The highest BCUT2D eigenvalue weighted by molar-refractivity contribution is 5.73. The van der Waals surface area contributed by atoms with Crippen molar-refractivity contribution in [2.75, 3.05) is 6.61 Å². The molecule has 0 aliphatic carbocycles. The van der Waals surface area contributed by atoms with E-state index in [1.54, 1.807) is 12.1 Å². The Labute approximate surface area is 75.7 Å². The van der Waals surface area contributed by atoms with Crippen molar-refractivity contribution in [3.8, 4) is 5.75 Å². The zero-order valence-corrected chi connectivity index (χ0v) is 6.97. The summed E-state index contributed by atoms with van der Waals surface area (Å²) >= 11 is 0. The minimum Gasteiger partial charge on any atom is -0.508 e. The molecule has 1 unspecified atom stereocenters. The summed E-state index contributed by atoms with van der Waals surface area (Å²) in [6.45, 7) is 0.483. The SMILES string of the molecule is NC1=NC(c2ccc(O)cc2)CO1. The number of phenolic OH excluding ortho intramolecular Hbond substituents is 1. The second kappa shape index (κ2) is 2.97. The first-order chi connectivity index (χ1) is 6.25. The minimum atomic E-state index is -0.0272. The van der Waals surface area contributed by atoms with E-state index in [0.29, 0.717) is 6.61 Å². The lowest BCUT2D eigenvalue weighted by Crippen LogP contribution is -2.10. The van der Waals surface area contributed by atoms with Crippen molar-refractivity contribution in [2.45, 2.75) is 6.04 Å². The standard InChI is InChI=1S/C9H10N2O2/c10-9-11-8(5-13-9)6-1-3-7(12)4-2-6/h1-4,8,12H,5H2,(H2,10,11). The van der Waals surface area contributed by atoms with Crippen LogP contribution in [-0.4, -0.2) is 17.7 Å². The van der Waals surface area contributed by atoms with Crippen LogP contribution in [0, 0.1) is 0 Å². The molecule has 1 heterocycles. The van der Waals surface area contributed by atoms with E-state index < -0.39 is 0 Å². The topological polar surface area (TPSA) is 67.8 Å². The van der Waals surface area contributed by atoms with Crippen LogP contribution in [0.5, 0.6) is 5.75 Å². The molecule has 2 rings (SSSR count). The molecule has 0 aromatic heterocycles. The van der Waals surface area contributed by atoms with Crippen LogP contribution in [-0.2, 0) is 4.74 Å². The number of aromatic hydroxyl groups is 1. The van der Waals surface area contributed by atoms with Crippen molar-refractivity contribution < 1.29 is 9.84 Å².